The highest BCUT2D eigenvalue weighted by atomic mass is 16.6. The molecule has 2 fully saturated rings. The van der Waals surface area contributed by atoms with Crippen LogP contribution in [0, 0.1) is 0 Å². The van der Waals surface area contributed by atoms with Gasteiger partial charge in [0.05, 0.1) is 12.0 Å². The highest BCUT2D eigenvalue weighted by molar-refractivity contribution is 5.84. The minimum atomic E-state index is -1.19. The lowest BCUT2D eigenvalue weighted by atomic mass is 10.1. The second-order valence-electron chi connectivity index (χ2n) is 9.71. The predicted molar refractivity (Wildman–Crippen MR) is 135 cm³/mol. The van der Waals surface area contributed by atoms with Crippen molar-refractivity contribution in [2.45, 2.75) is 102 Å². The fraction of sp³-hybridized carbons (Fsp3) is 0.640. The van der Waals surface area contributed by atoms with Crippen molar-refractivity contribution in [2.75, 3.05) is 10.6 Å². The highest BCUT2D eigenvalue weighted by Gasteiger charge is 2.49. The van der Waals surface area contributed by atoms with Crippen LogP contribution in [0.25, 0.3) is 11.2 Å². The first kappa shape index (κ1) is 25.4. The average Bonchev–Trinajstić information content (AvgIpc) is 3.71. The fourth-order valence-corrected chi connectivity index (χ4v) is 5.16. The molecule has 0 aromatic carbocycles. The van der Waals surface area contributed by atoms with E-state index >= 15 is 0 Å². The molecule has 12 nitrogen and oxygen atoms in total. The normalized spacial score (nSPS) is 24.2. The minimum absolute atomic E-state index is 0.227. The fourth-order valence-electron chi connectivity index (χ4n) is 5.16. The van der Waals surface area contributed by atoms with E-state index in [1.165, 1.54) is 12.8 Å². The summed E-state index contributed by atoms with van der Waals surface area (Å²) >= 11 is 0. The largest absolute Gasteiger partial charge is 0.458 e. The van der Waals surface area contributed by atoms with E-state index in [9.17, 15) is 9.90 Å². The van der Waals surface area contributed by atoms with Crippen molar-refractivity contribution in [3.8, 4) is 0 Å². The molecule has 12 heteroatoms. The number of nitrogens with one attached hydrogen (secondary N) is 2. The van der Waals surface area contributed by atoms with Crippen molar-refractivity contribution in [2.24, 2.45) is 0 Å². The summed E-state index contributed by atoms with van der Waals surface area (Å²) in [4.78, 5) is 25.4. The van der Waals surface area contributed by atoms with E-state index in [0.29, 0.717) is 47.6 Å². The summed E-state index contributed by atoms with van der Waals surface area (Å²) in [6.45, 7) is 6.51. The summed E-state index contributed by atoms with van der Waals surface area (Å²) < 4.78 is 18.6. The summed E-state index contributed by atoms with van der Waals surface area (Å²) in [5, 5.41) is 22.2. The number of carbonyl (C=O) groups is 1. The van der Waals surface area contributed by atoms with Crippen LogP contribution in [0.5, 0.6) is 0 Å². The van der Waals surface area contributed by atoms with Gasteiger partial charge in [0.2, 0.25) is 5.95 Å². The van der Waals surface area contributed by atoms with E-state index in [4.69, 9.17) is 24.0 Å². The van der Waals surface area contributed by atoms with Gasteiger partial charge in [-0.1, -0.05) is 38.8 Å². The number of carbonyl (C=O) groups excluding carboxylic acids is 1. The minimum Gasteiger partial charge on any atom is -0.458 e. The Morgan fingerprint density at radius 2 is 2.03 bits per heavy atom. The second-order valence-corrected chi connectivity index (χ2v) is 9.71. The molecule has 4 heterocycles. The smallest absolute Gasteiger partial charge is 0.293 e. The zero-order valence-corrected chi connectivity index (χ0v) is 21.5. The van der Waals surface area contributed by atoms with Crippen LogP contribution in [0.1, 0.15) is 83.1 Å². The van der Waals surface area contributed by atoms with Gasteiger partial charge < -0.3 is 29.7 Å². The number of aryl methyl sites for hydroxylation is 1. The molecule has 4 atom stereocenters. The predicted octanol–water partition coefficient (Wildman–Crippen LogP) is 3.50. The lowest BCUT2D eigenvalue weighted by molar-refractivity contribution is -0.140. The van der Waals surface area contributed by atoms with Crippen molar-refractivity contribution in [1.29, 1.82) is 0 Å². The molecule has 3 aromatic heterocycles. The molecule has 1 saturated carbocycles. The maximum atomic E-state index is 11.3. The molecule has 3 N–H and O–H groups in total. The van der Waals surface area contributed by atoms with Crippen LogP contribution in [0.15, 0.2) is 16.9 Å². The third-order valence-electron chi connectivity index (χ3n) is 7.36. The van der Waals surface area contributed by atoms with Gasteiger partial charge in [0.1, 0.15) is 6.10 Å². The third kappa shape index (κ3) is 4.99. The van der Waals surface area contributed by atoms with E-state index < -0.39 is 24.5 Å². The monoisotopic (exact) mass is 513 g/mol. The Labute approximate surface area is 215 Å². The Hall–Kier alpha value is -3.25. The molecule has 0 amide bonds. The maximum Gasteiger partial charge on any atom is 0.293 e. The van der Waals surface area contributed by atoms with Crippen LogP contribution < -0.4 is 10.6 Å². The second kappa shape index (κ2) is 11.0. The quantitative estimate of drug-likeness (QED) is 0.323. The first-order chi connectivity index (χ1) is 18.1. The number of imidazole rings is 1. The van der Waals surface area contributed by atoms with Gasteiger partial charge in [-0.05, 0) is 32.1 Å². The zero-order valence-electron chi connectivity index (χ0n) is 21.5. The molecular weight excluding hydrogens is 478 g/mol. The molecule has 0 bridgehead atoms. The van der Waals surface area contributed by atoms with Gasteiger partial charge in [-0.15, -0.1) is 0 Å². The number of nitrogens with zero attached hydrogens (tertiary/aromatic N) is 5. The van der Waals surface area contributed by atoms with Gasteiger partial charge in [-0.3, -0.25) is 9.36 Å². The first-order valence-electron chi connectivity index (χ1n) is 13.2. The maximum absolute atomic E-state index is 11.3. The van der Waals surface area contributed by atoms with Crippen molar-refractivity contribution < 1.29 is 23.9 Å². The van der Waals surface area contributed by atoms with Gasteiger partial charge in [0.15, 0.2) is 41.2 Å². The van der Waals surface area contributed by atoms with Gasteiger partial charge in [0, 0.05) is 18.2 Å². The molecule has 37 heavy (non-hydrogen) atoms. The number of anilines is 2. The summed E-state index contributed by atoms with van der Waals surface area (Å²) in [6, 6.07) is 2.29. The summed E-state index contributed by atoms with van der Waals surface area (Å²) in [5.74, 6) is 1.51. The Morgan fingerprint density at radius 3 is 2.70 bits per heavy atom. The van der Waals surface area contributed by atoms with E-state index in [0.717, 1.165) is 31.4 Å². The van der Waals surface area contributed by atoms with Crippen molar-refractivity contribution in [1.82, 2.24) is 24.7 Å². The summed E-state index contributed by atoms with van der Waals surface area (Å²) in [5.41, 5.74) is 1.82. The molecule has 3 aromatic rings. The van der Waals surface area contributed by atoms with Gasteiger partial charge in [-0.25, -0.2) is 4.98 Å². The Morgan fingerprint density at radius 1 is 1.24 bits per heavy atom. The Kier molecular flexibility index (Phi) is 7.56. The van der Waals surface area contributed by atoms with Crippen LogP contribution >= 0.6 is 0 Å². The lowest BCUT2D eigenvalue weighted by Gasteiger charge is -2.20. The number of aliphatic hydroxyl groups is 1. The zero-order chi connectivity index (χ0) is 25.9. The molecule has 1 saturated heterocycles. The number of rotatable bonds is 11. The van der Waals surface area contributed by atoms with Crippen LogP contribution in [0.3, 0.4) is 0 Å². The van der Waals surface area contributed by atoms with Gasteiger partial charge >= 0.3 is 0 Å². The number of fused-ring (bicyclic) bond motifs is 1. The Bertz CT molecular complexity index is 1200. The van der Waals surface area contributed by atoms with Crippen molar-refractivity contribution in [3.05, 3.63) is 23.8 Å². The van der Waals surface area contributed by atoms with Crippen LogP contribution in [-0.4, -0.2) is 60.5 Å². The van der Waals surface area contributed by atoms with E-state index in [1.807, 2.05) is 6.92 Å². The van der Waals surface area contributed by atoms with E-state index in [1.54, 1.807) is 17.0 Å². The SMILES string of the molecule is CCc1cc([C@H]2O[C@@H](n3cnc4c(NC(CC)CC)nc(NC5CCCC5)nc43)[C@H](O)[C@@H]2OC=O)on1. The number of hydrogen-bond acceptors (Lipinski definition) is 11. The molecule has 1 aliphatic carbocycles. The molecule has 2 aliphatic rings. The number of aliphatic hydroxyl groups excluding tert-OH is 1. The average molecular weight is 514 g/mol. The first-order valence-corrected chi connectivity index (χ1v) is 13.2. The van der Waals surface area contributed by atoms with E-state index in [-0.39, 0.29) is 6.04 Å². The number of ether oxygens (including phenoxy) is 2. The molecule has 200 valence electrons. The van der Waals surface area contributed by atoms with Crippen LogP contribution in [0.4, 0.5) is 11.8 Å². The topological polar surface area (TPSA) is 149 Å². The lowest BCUT2D eigenvalue weighted by Crippen LogP contribution is -2.31. The number of hydrogen-bond donors (Lipinski definition) is 3. The number of aromatic nitrogens is 5. The van der Waals surface area contributed by atoms with Gasteiger partial charge in [-0.2, -0.15) is 9.97 Å². The Balaban J connectivity index is 1.53. The summed E-state index contributed by atoms with van der Waals surface area (Å²) in [7, 11) is 0. The molecule has 0 radical (unpaired) electrons. The van der Waals surface area contributed by atoms with Crippen LogP contribution in [-0.2, 0) is 20.7 Å². The molecule has 5 rings (SSSR count). The standard InChI is InChI=1S/C25H35N7O5/c1-4-14(5-2)27-22-18-23(30-25(29-22)28-16-9-7-8-10-16)32(12-26-18)24-19(34)21(35-13-33)20(36-24)17-11-15(6-3)31-37-17/h11-14,16,19-21,24,34H,4-10H2,1-3H3,(H2,27,28,29,30)/t19-,20-,21+,24-/m1/s1. The summed E-state index contributed by atoms with van der Waals surface area (Å²) in [6.07, 6.45) is 4.67. The van der Waals surface area contributed by atoms with Crippen molar-refractivity contribution in [3.63, 3.8) is 0 Å². The molecule has 0 spiro atoms. The third-order valence-corrected chi connectivity index (χ3v) is 7.36. The van der Waals surface area contributed by atoms with Crippen LogP contribution in [0.2, 0.25) is 0 Å². The van der Waals surface area contributed by atoms with Crippen molar-refractivity contribution >= 4 is 29.4 Å². The van der Waals surface area contributed by atoms with E-state index in [2.05, 4.69) is 34.6 Å². The van der Waals surface area contributed by atoms with Gasteiger partial charge in [0.25, 0.3) is 6.47 Å². The molecule has 1 aliphatic heterocycles. The molecular formula is C25H35N7O5. The molecule has 0 unspecified atom stereocenters. The highest BCUT2D eigenvalue weighted by Crippen LogP contribution is 2.42.